The van der Waals surface area contributed by atoms with E-state index in [0.717, 1.165) is 0 Å². The van der Waals surface area contributed by atoms with Gasteiger partial charge in [0.1, 0.15) is 11.7 Å². The van der Waals surface area contributed by atoms with Crippen molar-refractivity contribution >= 4 is 29.3 Å². The highest BCUT2D eigenvalue weighted by Gasteiger charge is 2.34. The fraction of sp³-hybridized carbons (Fsp3) is 0.222. The predicted molar refractivity (Wildman–Crippen MR) is 94.5 cm³/mol. The molecule has 0 radical (unpaired) electrons. The van der Waals surface area contributed by atoms with Gasteiger partial charge in [0.05, 0.1) is 17.3 Å². The third-order valence-corrected chi connectivity index (χ3v) is 3.79. The lowest BCUT2D eigenvalue weighted by Gasteiger charge is -2.31. The van der Waals surface area contributed by atoms with Gasteiger partial charge in [0, 0.05) is 6.54 Å². The Kier molecular flexibility index (Phi) is 4.83. The number of allylic oxidation sites excluding steroid dienone is 3. The van der Waals surface area contributed by atoms with Gasteiger partial charge < -0.3 is 5.32 Å². The number of carbonyl (C=O) groups excluding carboxylic acids is 2. The van der Waals surface area contributed by atoms with Gasteiger partial charge in [0.25, 0.3) is 0 Å². The van der Waals surface area contributed by atoms with Crippen molar-refractivity contribution in [3.63, 3.8) is 0 Å². The highest BCUT2D eigenvalue weighted by molar-refractivity contribution is 6.24. The molecule has 0 saturated heterocycles. The zero-order chi connectivity index (χ0) is 17.8. The molecule has 7 heteroatoms. The molecule has 1 aromatic carbocycles. The summed E-state index contributed by atoms with van der Waals surface area (Å²) in [6, 6.07) is 4.64. The van der Waals surface area contributed by atoms with E-state index in [1.54, 1.807) is 18.2 Å². The quantitative estimate of drug-likeness (QED) is 0.909. The van der Waals surface area contributed by atoms with Crippen molar-refractivity contribution in [2.45, 2.75) is 13.3 Å². The van der Waals surface area contributed by atoms with E-state index in [0.29, 0.717) is 24.5 Å². The topological polar surface area (TPSA) is 74.1 Å². The van der Waals surface area contributed by atoms with E-state index in [1.807, 2.05) is 19.1 Å². The lowest BCUT2D eigenvalue weighted by molar-refractivity contribution is 0.228. The third kappa shape index (κ3) is 3.55. The minimum absolute atomic E-state index is 0.0361. The number of rotatable bonds is 3. The van der Waals surface area contributed by atoms with Gasteiger partial charge in [0.15, 0.2) is 0 Å². The number of carbonyl (C=O) groups is 2. The molecule has 1 aromatic rings. The van der Waals surface area contributed by atoms with Crippen LogP contribution in [-0.4, -0.2) is 35.1 Å². The van der Waals surface area contributed by atoms with Crippen molar-refractivity contribution in [2.24, 2.45) is 15.9 Å². The van der Waals surface area contributed by atoms with Crippen molar-refractivity contribution in [1.29, 1.82) is 0 Å². The second kappa shape index (κ2) is 7.21. The largest absolute Gasteiger partial charge is 0.349 e. The number of aliphatic imine (C=N–C) groups is 2. The number of urea groups is 2. The van der Waals surface area contributed by atoms with E-state index in [2.05, 4.69) is 15.3 Å². The lowest BCUT2D eigenvalue weighted by Crippen LogP contribution is -2.47. The highest BCUT2D eigenvalue weighted by Crippen LogP contribution is 2.22. The lowest BCUT2D eigenvalue weighted by atomic mass is 9.94. The molecule has 0 aromatic heterocycles. The Labute approximate surface area is 144 Å². The summed E-state index contributed by atoms with van der Waals surface area (Å²) in [6.07, 6.45) is 7.82. The average molecular weight is 340 g/mol. The molecule has 128 valence electrons. The molecule has 1 unspecified atom stereocenters. The van der Waals surface area contributed by atoms with Crippen molar-refractivity contribution in [1.82, 2.24) is 4.90 Å². The summed E-state index contributed by atoms with van der Waals surface area (Å²) in [5.41, 5.74) is 0.575. The Morgan fingerprint density at radius 1 is 1.36 bits per heavy atom. The molecule has 0 bridgehead atoms. The molecule has 25 heavy (non-hydrogen) atoms. The molecule has 1 aliphatic heterocycles. The summed E-state index contributed by atoms with van der Waals surface area (Å²) < 4.78 is 13.7. The Hall–Kier alpha value is -3.09. The Balaban J connectivity index is 1.92. The first kappa shape index (κ1) is 16.8. The Morgan fingerprint density at radius 2 is 2.16 bits per heavy atom. The van der Waals surface area contributed by atoms with E-state index < -0.39 is 17.9 Å². The molecule has 1 atom stereocenters. The summed E-state index contributed by atoms with van der Waals surface area (Å²) in [4.78, 5) is 34.0. The molecular formula is C18H17FN4O2. The molecule has 4 amide bonds. The summed E-state index contributed by atoms with van der Waals surface area (Å²) in [5.74, 6) is -0.629. The molecule has 6 nitrogen and oxygen atoms in total. The van der Waals surface area contributed by atoms with Gasteiger partial charge in [-0.1, -0.05) is 37.3 Å². The van der Waals surface area contributed by atoms with Gasteiger partial charge in [-0.3, -0.25) is 4.90 Å². The first-order valence-electron chi connectivity index (χ1n) is 7.99. The number of hydrogen-bond donors (Lipinski definition) is 1. The molecule has 1 aliphatic carbocycles. The second-order valence-corrected chi connectivity index (χ2v) is 5.57. The number of nitrogens with zero attached hydrogens (tertiary/aromatic N) is 3. The maximum atomic E-state index is 13.7. The van der Waals surface area contributed by atoms with Crippen LogP contribution in [0.4, 0.5) is 19.7 Å². The SMILES string of the molecule is CCCN1C(=O)N=C2C=CC=CC2/C1=N/C(=O)Nc1ccccc1F. The molecule has 0 saturated carbocycles. The molecule has 3 rings (SSSR count). The number of halogens is 1. The van der Waals surface area contributed by atoms with Crippen LogP contribution in [0.5, 0.6) is 0 Å². The maximum Gasteiger partial charge on any atom is 0.349 e. The number of amidine groups is 1. The number of benzene rings is 1. The van der Waals surface area contributed by atoms with Crippen LogP contribution in [0.25, 0.3) is 0 Å². The average Bonchev–Trinajstić information content (AvgIpc) is 2.60. The number of amides is 4. The van der Waals surface area contributed by atoms with E-state index in [-0.39, 0.29) is 11.6 Å². The van der Waals surface area contributed by atoms with Crippen LogP contribution in [0.2, 0.25) is 0 Å². The summed E-state index contributed by atoms with van der Waals surface area (Å²) in [5, 5.41) is 2.41. The van der Waals surface area contributed by atoms with Crippen LogP contribution >= 0.6 is 0 Å². The van der Waals surface area contributed by atoms with Crippen LogP contribution < -0.4 is 5.32 Å². The van der Waals surface area contributed by atoms with E-state index in [4.69, 9.17) is 0 Å². The van der Waals surface area contributed by atoms with Gasteiger partial charge in [-0.2, -0.15) is 9.98 Å². The zero-order valence-corrected chi connectivity index (χ0v) is 13.6. The third-order valence-electron chi connectivity index (χ3n) is 3.79. The van der Waals surface area contributed by atoms with Crippen LogP contribution in [0.15, 0.2) is 58.6 Å². The zero-order valence-electron chi connectivity index (χ0n) is 13.6. The molecule has 1 N–H and O–H groups in total. The standard InChI is InChI=1S/C18H17FN4O2/c1-2-11-23-16(12-7-3-5-9-14(12)21-18(23)25)22-17(24)20-15-10-6-4-8-13(15)19/h3-10,12H,2,11H2,1H3,(H,20,24)/b22-16-. The van der Waals surface area contributed by atoms with E-state index in [1.165, 1.54) is 23.1 Å². The maximum absolute atomic E-state index is 13.7. The first-order chi connectivity index (χ1) is 12.1. The molecule has 0 spiro atoms. The van der Waals surface area contributed by atoms with Crippen LogP contribution in [0, 0.1) is 11.7 Å². The molecule has 2 aliphatic rings. The normalized spacial score (nSPS) is 20.5. The fourth-order valence-electron chi connectivity index (χ4n) is 2.67. The fourth-order valence-corrected chi connectivity index (χ4v) is 2.67. The Bertz CT molecular complexity index is 826. The summed E-state index contributed by atoms with van der Waals surface area (Å²) >= 11 is 0. The van der Waals surface area contributed by atoms with Crippen LogP contribution in [0.1, 0.15) is 13.3 Å². The van der Waals surface area contributed by atoms with Crippen molar-refractivity contribution in [3.05, 3.63) is 54.4 Å². The number of nitrogens with one attached hydrogen (secondary N) is 1. The number of anilines is 1. The Morgan fingerprint density at radius 3 is 2.92 bits per heavy atom. The first-order valence-corrected chi connectivity index (χ1v) is 7.99. The monoisotopic (exact) mass is 340 g/mol. The van der Waals surface area contributed by atoms with Crippen molar-refractivity contribution in [3.8, 4) is 0 Å². The number of para-hydroxylation sites is 1. The summed E-state index contributed by atoms with van der Waals surface area (Å²) in [6.45, 7) is 2.32. The molecular weight excluding hydrogens is 323 g/mol. The molecule has 1 heterocycles. The van der Waals surface area contributed by atoms with E-state index in [9.17, 15) is 14.0 Å². The number of hydrogen-bond acceptors (Lipinski definition) is 2. The molecule has 0 fully saturated rings. The van der Waals surface area contributed by atoms with Gasteiger partial charge in [-0.05, 0) is 24.6 Å². The van der Waals surface area contributed by atoms with Crippen molar-refractivity contribution < 1.29 is 14.0 Å². The minimum Gasteiger partial charge on any atom is -0.303 e. The highest BCUT2D eigenvalue weighted by atomic mass is 19.1. The van der Waals surface area contributed by atoms with Crippen LogP contribution in [0.3, 0.4) is 0 Å². The van der Waals surface area contributed by atoms with Gasteiger partial charge in [-0.25, -0.2) is 14.0 Å². The van der Waals surface area contributed by atoms with Gasteiger partial charge in [0.2, 0.25) is 0 Å². The van der Waals surface area contributed by atoms with Gasteiger partial charge >= 0.3 is 12.1 Å². The number of fused-ring (bicyclic) bond motifs is 1. The van der Waals surface area contributed by atoms with Crippen molar-refractivity contribution in [2.75, 3.05) is 11.9 Å². The van der Waals surface area contributed by atoms with Gasteiger partial charge in [-0.15, -0.1) is 0 Å². The minimum atomic E-state index is -0.738. The second-order valence-electron chi connectivity index (χ2n) is 5.57. The van der Waals surface area contributed by atoms with Crippen LogP contribution in [-0.2, 0) is 0 Å². The van der Waals surface area contributed by atoms with E-state index >= 15 is 0 Å². The predicted octanol–water partition coefficient (Wildman–Crippen LogP) is 3.78. The summed E-state index contributed by atoms with van der Waals surface area (Å²) in [7, 11) is 0. The smallest absolute Gasteiger partial charge is 0.303 e.